The van der Waals surface area contributed by atoms with Crippen LogP contribution in [0.4, 0.5) is 0 Å². The monoisotopic (exact) mass is 392 g/mol. The van der Waals surface area contributed by atoms with E-state index in [4.69, 9.17) is 23.7 Å². The average molecular weight is 392 g/mol. The Balaban J connectivity index is 1.54. The lowest BCUT2D eigenvalue weighted by Crippen LogP contribution is -2.55. The molecule has 27 heavy (non-hydrogen) atoms. The first kappa shape index (κ1) is 21.4. The predicted molar refractivity (Wildman–Crippen MR) is 91.7 cm³/mol. The summed E-state index contributed by atoms with van der Waals surface area (Å²) in [6.07, 6.45) is -6.52. The molecule has 4 N–H and O–H groups in total. The van der Waals surface area contributed by atoms with Crippen molar-refractivity contribution in [1.29, 1.82) is 0 Å². The lowest BCUT2D eigenvalue weighted by atomic mass is 10.00. The third-order valence-corrected chi connectivity index (χ3v) is 5.57. The Kier molecular flexibility index (Phi) is 7.10. The SMILES string of the molecule is CC1OC(OC2C(O)CC(OC3C(O)CCOC3C)OC2C)CC(O)C1O. The third kappa shape index (κ3) is 4.98. The first-order valence-electron chi connectivity index (χ1n) is 9.72. The number of rotatable bonds is 4. The van der Waals surface area contributed by atoms with Crippen molar-refractivity contribution < 1.29 is 44.1 Å². The van der Waals surface area contributed by atoms with E-state index in [1.165, 1.54) is 0 Å². The van der Waals surface area contributed by atoms with Gasteiger partial charge in [-0.2, -0.15) is 0 Å². The highest BCUT2D eigenvalue weighted by atomic mass is 16.7. The van der Waals surface area contributed by atoms with Gasteiger partial charge in [-0.25, -0.2) is 0 Å². The van der Waals surface area contributed by atoms with Gasteiger partial charge < -0.3 is 44.1 Å². The lowest BCUT2D eigenvalue weighted by molar-refractivity contribution is -0.324. The van der Waals surface area contributed by atoms with Gasteiger partial charge in [-0.05, 0) is 27.2 Å². The van der Waals surface area contributed by atoms with Crippen molar-refractivity contribution in [1.82, 2.24) is 0 Å². The first-order chi connectivity index (χ1) is 12.8. The van der Waals surface area contributed by atoms with Crippen LogP contribution in [0.3, 0.4) is 0 Å². The van der Waals surface area contributed by atoms with Crippen molar-refractivity contribution in [3.8, 4) is 0 Å². The van der Waals surface area contributed by atoms with Crippen LogP contribution in [-0.4, -0.2) is 94.5 Å². The molecule has 0 aromatic carbocycles. The van der Waals surface area contributed by atoms with Gasteiger partial charge in [0.2, 0.25) is 0 Å². The van der Waals surface area contributed by atoms with Crippen molar-refractivity contribution >= 4 is 0 Å². The van der Waals surface area contributed by atoms with Crippen LogP contribution in [-0.2, 0) is 23.7 Å². The highest BCUT2D eigenvalue weighted by Crippen LogP contribution is 2.30. The van der Waals surface area contributed by atoms with E-state index in [0.29, 0.717) is 13.0 Å². The number of aliphatic hydroxyl groups is 4. The summed E-state index contributed by atoms with van der Waals surface area (Å²) in [6, 6.07) is 0. The molecule has 3 rings (SSSR count). The molecule has 0 spiro atoms. The quantitative estimate of drug-likeness (QED) is 0.490. The molecular weight excluding hydrogens is 360 g/mol. The minimum Gasteiger partial charge on any atom is -0.390 e. The third-order valence-electron chi connectivity index (χ3n) is 5.57. The Morgan fingerprint density at radius 2 is 1.26 bits per heavy atom. The molecule has 9 nitrogen and oxygen atoms in total. The summed E-state index contributed by atoms with van der Waals surface area (Å²) in [5.41, 5.74) is 0. The molecule has 0 saturated carbocycles. The van der Waals surface area contributed by atoms with Gasteiger partial charge in [0.15, 0.2) is 12.6 Å². The Morgan fingerprint density at radius 1 is 0.704 bits per heavy atom. The molecule has 3 fully saturated rings. The summed E-state index contributed by atoms with van der Waals surface area (Å²) < 4.78 is 28.6. The first-order valence-corrected chi connectivity index (χ1v) is 9.72. The predicted octanol–water partition coefficient (Wildman–Crippen LogP) is -0.721. The van der Waals surface area contributed by atoms with E-state index < -0.39 is 61.4 Å². The summed E-state index contributed by atoms with van der Waals surface area (Å²) in [6.45, 7) is 5.74. The molecule has 3 aliphatic rings. The molecular formula is C18H32O9. The van der Waals surface area contributed by atoms with Crippen molar-refractivity contribution in [2.45, 2.75) is 108 Å². The molecule has 158 valence electrons. The van der Waals surface area contributed by atoms with E-state index in [1.54, 1.807) is 13.8 Å². The van der Waals surface area contributed by atoms with E-state index >= 15 is 0 Å². The fourth-order valence-electron chi connectivity index (χ4n) is 3.92. The maximum Gasteiger partial charge on any atom is 0.161 e. The van der Waals surface area contributed by atoms with Crippen LogP contribution in [0.15, 0.2) is 0 Å². The Hall–Kier alpha value is -0.360. The van der Waals surface area contributed by atoms with Crippen LogP contribution in [0.25, 0.3) is 0 Å². The molecule has 0 aromatic heterocycles. The average Bonchev–Trinajstić information content (AvgIpc) is 2.59. The second-order valence-corrected chi connectivity index (χ2v) is 7.77. The highest BCUT2D eigenvalue weighted by Gasteiger charge is 2.43. The van der Waals surface area contributed by atoms with Gasteiger partial charge in [-0.15, -0.1) is 0 Å². The molecule has 0 amide bonds. The molecule has 3 saturated heterocycles. The largest absolute Gasteiger partial charge is 0.390 e. The summed E-state index contributed by atoms with van der Waals surface area (Å²) in [5.74, 6) is 0. The Bertz CT molecular complexity index is 444. The molecule has 0 aromatic rings. The highest BCUT2D eigenvalue weighted by molar-refractivity contribution is 4.87. The maximum atomic E-state index is 10.5. The second-order valence-electron chi connectivity index (χ2n) is 7.77. The number of ether oxygens (including phenoxy) is 5. The van der Waals surface area contributed by atoms with Gasteiger partial charge in [-0.3, -0.25) is 0 Å². The molecule has 3 aliphatic heterocycles. The van der Waals surface area contributed by atoms with Crippen LogP contribution >= 0.6 is 0 Å². The minimum absolute atomic E-state index is 0.116. The van der Waals surface area contributed by atoms with Crippen LogP contribution < -0.4 is 0 Å². The van der Waals surface area contributed by atoms with Gasteiger partial charge in [-0.1, -0.05) is 0 Å². The van der Waals surface area contributed by atoms with E-state index in [2.05, 4.69) is 0 Å². The Labute approximate surface area is 159 Å². The van der Waals surface area contributed by atoms with E-state index in [1.807, 2.05) is 6.92 Å². The van der Waals surface area contributed by atoms with Crippen LogP contribution in [0.1, 0.15) is 40.0 Å². The molecule has 0 radical (unpaired) electrons. The Morgan fingerprint density at radius 3 is 1.81 bits per heavy atom. The zero-order chi connectivity index (χ0) is 19.7. The fraction of sp³-hybridized carbons (Fsp3) is 1.00. The van der Waals surface area contributed by atoms with Crippen molar-refractivity contribution in [3.63, 3.8) is 0 Å². The van der Waals surface area contributed by atoms with Crippen molar-refractivity contribution in [2.24, 2.45) is 0 Å². The van der Waals surface area contributed by atoms with Gasteiger partial charge in [0.25, 0.3) is 0 Å². The van der Waals surface area contributed by atoms with Gasteiger partial charge in [0.1, 0.15) is 18.3 Å². The minimum atomic E-state index is -0.960. The molecule has 11 unspecified atom stereocenters. The normalized spacial score (nSPS) is 51.9. The van der Waals surface area contributed by atoms with E-state index in [0.717, 1.165) is 0 Å². The van der Waals surface area contributed by atoms with Gasteiger partial charge in [0, 0.05) is 19.4 Å². The fourth-order valence-corrected chi connectivity index (χ4v) is 3.92. The standard InChI is InChI=1S/C18H32O9/c1-8-16(22)12(20)6-14(24-8)27-18-10(3)25-15(7-13(18)21)26-17-9(2)23-5-4-11(17)19/h8-22H,4-7H2,1-3H3. The number of hydrogen-bond acceptors (Lipinski definition) is 9. The summed E-state index contributed by atoms with van der Waals surface area (Å²) >= 11 is 0. The lowest BCUT2D eigenvalue weighted by Gasteiger charge is -2.43. The molecule has 0 aliphatic carbocycles. The molecule has 11 atom stereocenters. The topological polar surface area (TPSA) is 127 Å². The van der Waals surface area contributed by atoms with E-state index in [-0.39, 0.29) is 18.9 Å². The van der Waals surface area contributed by atoms with Gasteiger partial charge in [0.05, 0.1) is 36.6 Å². The van der Waals surface area contributed by atoms with Crippen LogP contribution in [0.2, 0.25) is 0 Å². The van der Waals surface area contributed by atoms with Gasteiger partial charge >= 0.3 is 0 Å². The maximum absolute atomic E-state index is 10.5. The van der Waals surface area contributed by atoms with Crippen LogP contribution in [0.5, 0.6) is 0 Å². The summed E-state index contributed by atoms with van der Waals surface area (Å²) in [7, 11) is 0. The zero-order valence-electron chi connectivity index (χ0n) is 16.0. The summed E-state index contributed by atoms with van der Waals surface area (Å²) in [4.78, 5) is 0. The smallest absolute Gasteiger partial charge is 0.161 e. The number of aliphatic hydroxyl groups excluding tert-OH is 4. The number of hydrogen-bond donors (Lipinski definition) is 4. The van der Waals surface area contributed by atoms with Crippen molar-refractivity contribution in [2.75, 3.05) is 6.61 Å². The molecule has 0 bridgehead atoms. The molecule has 3 heterocycles. The zero-order valence-corrected chi connectivity index (χ0v) is 16.0. The molecule has 9 heteroatoms. The second kappa shape index (κ2) is 8.98. The van der Waals surface area contributed by atoms with E-state index in [9.17, 15) is 20.4 Å². The van der Waals surface area contributed by atoms with Crippen LogP contribution in [0, 0.1) is 0 Å². The summed E-state index contributed by atoms with van der Waals surface area (Å²) in [5, 5.41) is 40.3. The van der Waals surface area contributed by atoms with Crippen molar-refractivity contribution in [3.05, 3.63) is 0 Å².